The van der Waals surface area contributed by atoms with Crippen molar-refractivity contribution in [3.63, 3.8) is 0 Å². The van der Waals surface area contributed by atoms with Gasteiger partial charge in [0.15, 0.2) is 5.69 Å². The van der Waals surface area contributed by atoms with Gasteiger partial charge in [0.25, 0.3) is 5.91 Å². The number of carbonyl (C=O) groups excluding carboxylic acids is 1. The van der Waals surface area contributed by atoms with Crippen LogP contribution in [0.4, 0.5) is 0 Å². The van der Waals surface area contributed by atoms with Gasteiger partial charge in [-0.3, -0.25) is 9.59 Å². The van der Waals surface area contributed by atoms with Gasteiger partial charge in [-0.15, -0.1) is 0 Å². The molecule has 126 valence electrons. The number of oxazole rings is 1. The largest absolute Gasteiger partial charge is 0.480 e. The van der Waals surface area contributed by atoms with E-state index in [1.807, 2.05) is 60.7 Å². The Morgan fingerprint density at radius 3 is 2.08 bits per heavy atom. The van der Waals surface area contributed by atoms with Crippen molar-refractivity contribution in [2.24, 2.45) is 0 Å². The lowest BCUT2D eigenvalue weighted by Crippen LogP contribution is -2.29. The topological polar surface area (TPSA) is 92.4 Å². The molecule has 2 aromatic carbocycles. The van der Waals surface area contributed by atoms with E-state index in [-0.39, 0.29) is 11.6 Å². The third-order valence-corrected chi connectivity index (χ3v) is 3.67. The maximum absolute atomic E-state index is 12.0. The van der Waals surface area contributed by atoms with Crippen molar-refractivity contribution in [1.82, 2.24) is 10.3 Å². The zero-order valence-corrected chi connectivity index (χ0v) is 13.3. The number of hydrogen-bond acceptors (Lipinski definition) is 4. The molecule has 1 amide bonds. The molecule has 0 aliphatic rings. The van der Waals surface area contributed by atoms with Crippen LogP contribution >= 0.6 is 0 Å². The number of nitrogens with one attached hydrogen (secondary N) is 1. The van der Waals surface area contributed by atoms with E-state index >= 15 is 0 Å². The average molecular weight is 336 g/mol. The Morgan fingerprint density at radius 1 is 1.00 bits per heavy atom. The standard InChI is InChI=1S/C19H16N2O4/c22-16(23)11-20-18(24)15-12-25-19(21-15)17(13-7-3-1-4-8-13)14-9-5-2-6-10-14/h1-10,12,17H,11H2,(H,20,24)(H,22,23). The fourth-order valence-electron chi connectivity index (χ4n) is 2.54. The summed E-state index contributed by atoms with van der Waals surface area (Å²) < 4.78 is 5.54. The van der Waals surface area contributed by atoms with Crippen LogP contribution in [0.5, 0.6) is 0 Å². The number of nitrogens with zero attached hydrogens (tertiary/aromatic N) is 1. The van der Waals surface area contributed by atoms with Crippen LogP contribution in [0.15, 0.2) is 71.3 Å². The van der Waals surface area contributed by atoms with Crippen molar-refractivity contribution in [1.29, 1.82) is 0 Å². The number of aliphatic carboxylic acids is 1. The molecule has 0 atom stereocenters. The fraction of sp³-hybridized carbons (Fsp3) is 0.105. The summed E-state index contributed by atoms with van der Waals surface area (Å²) in [5, 5.41) is 10.9. The first-order chi connectivity index (χ1) is 12.1. The monoisotopic (exact) mass is 336 g/mol. The molecule has 25 heavy (non-hydrogen) atoms. The first-order valence-electron chi connectivity index (χ1n) is 7.70. The smallest absolute Gasteiger partial charge is 0.322 e. The summed E-state index contributed by atoms with van der Waals surface area (Å²) in [6.45, 7) is -0.470. The summed E-state index contributed by atoms with van der Waals surface area (Å²) in [5.74, 6) is -1.60. The van der Waals surface area contributed by atoms with E-state index in [1.165, 1.54) is 6.26 Å². The van der Waals surface area contributed by atoms with Crippen LogP contribution in [-0.2, 0) is 4.79 Å². The Hall–Kier alpha value is -3.41. The van der Waals surface area contributed by atoms with Gasteiger partial charge in [0.1, 0.15) is 12.8 Å². The highest BCUT2D eigenvalue weighted by molar-refractivity contribution is 5.93. The number of carbonyl (C=O) groups is 2. The molecule has 6 heteroatoms. The zero-order valence-electron chi connectivity index (χ0n) is 13.3. The molecule has 6 nitrogen and oxygen atoms in total. The SMILES string of the molecule is O=C(O)CNC(=O)c1coc(C(c2ccccc2)c2ccccc2)n1. The summed E-state index contributed by atoms with van der Waals surface area (Å²) in [5.41, 5.74) is 2.01. The van der Waals surface area contributed by atoms with E-state index in [1.54, 1.807) is 0 Å². The van der Waals surface area contributed by atoms with Crippen molar-refractivity contribution in [3.05, 3.63) is 89.6 Å². The van der Waals surface area contributed by atoms with Gasteiger partial charge in [0, 0.05) is 0 Å². The molecule has 0 bridgehead atoms. The number of amides is 1. The van der Waals surface area contributed by atoms with Gasteiger partial charge in [-0.25, -0.2) is 4.98 Å². The summed E-state index contributed by atoms with van der Waals surface area (Å²) in [6.07, 6.45) is 1.24. The molecule has 0 saturated carbocycles. The highest BCUT2D eigenvalue weighted by Crippen LogP contribution is 2.31. The van der Waals surface area contributed by atoms with Crippen LogP contribution < -0.4 is 5.32 Å². The minimum Gasteiger partial charge on any atom is -0.480 e. The normalized spacial score (nSPS) is 10.6. The van der Waals surface area contributed by atoms with Gasteiger partial charge in [0.2, 0.25) is 5.89 Å². The van der Waals surface area contributed by atoms with Crippen LogP contribution in [0.3, 0.4) is 0 Å². The summed E-state index contributed by atoms with van der Waals surface area (Å²) in [7, 11) is 0. The van der Waals surface area contributed by atoms with E-state index in [0.29, 0.717) is 5.89 Å². The Balaban J connectivity index is 1.93. The Bertz CT molecular complexity index is 820. The molecule has 0 aliphatic heterocycles. The number of rotatable bonds is 6. The van der Waals surface area contributed by atoms with E-state index in [2.05, 4.69) is 10.3 Å². The van der Waals surface area contributed by atoms with E-state index in [4.69, 9.17) is 9.52 Å². The lowest BCUT2D eigenvalue weighted by molar-refractivity contribution is -0.135. The second-order valence-electron chi connectivity index (χ2n) is 5.40. The predicted molar refractivity (Wildman–Crippen MR) is 90.3 cm³/mol. The molecule has 0 spiro atoms. The molecule has 0 unspecified atom stereocenters. The molecule has 0 fully saturated rings. The van der Waals surface area contributed by atoms with E-state index < -0.39 is 18.4 Å². The molecule has 3 rings (SSSR count). The third kappa shape index (κ3) is 3.92. The van der Waals surface area contributed by atoms with Crippen molar-refractivity contribution < 1.29 is 19.1 Å². The second-order valence-corrected chi connectivity index (χ2v) is 5.40. The highest BCUT2D eigenvalue weighted by Gasteiger charge is 2.23. The number of aromatic nitrogens is 1. The molecule has 0 saturated heterocycles. The molecule has 2 N–H and O–H groups in total. The van der Waals surface area contributed by atoms with Gasteiger partial charge in [-0.2, -0.15) is 0 Å². The summed E-state index contributed by atoms with van der Waals surface area (Å²) in [6, 6.07) is 19.4. The molecule has 3 aromatic rings. The van der Waals surface area contributed by atoms with Gasteiger partial charge >= 0.3 is 5.97 Å². The van der Waals surface area contributed by atoms with Gasteiger partial charge in [-0.1, -0.05) is 60.7 Å². The Labute approximate surface area is 144 Å². The first kappa shape index (κ1) is 16.4. The second kappa shape index (κ2) is 7.44. The number of carboxylic acids is 1. The molecule has 0 aliphatic carbocycles. The van der Waals surface area contributed by atoms with Gasteiger partial charge in [0.05, 0.1) is 5.92 Å². The number of carboxylic acid groups (broad SMARTS) is 1. The summed E-state index contributed by atoms with van der Waals surface area (Å²) >= 11 is 0. The predicted octanol–water partition coefficient (Wildman–Crippen LogP) is 2.67. The van der Waals surface area contributed by atoms with Crippen LogP contribution in [0.2, 0.25) is 0 Å². The van der Waals surface area contributed by atoms with Crippen LogP contribution in [0.25, 0.3) is 0 Å². The lowest BCUT2D eigenvalue weighted by atomic mass is 9.91. The Morgan fingerprint density at radius 2 is 1.56 bits per heavy atom. The molecule has 1 aromatic heterocycles. The number of benzene rings is 2. The fourth-order valence-corrected chi connectivity index (χ4v) is 2.54. The van der Waals surface area contributed by atoms with Crippen molar-refractivity contribution in [2.75, 3.05) is 6.54 Å². The minimum absolute atomic E-state index is 0.0492. The number of hydrogen-bond donors (Lipinski definition) is 2. The van der Waals surface area contributed by atoms with Crippen molar-refractivity contribution >= 4 is 11.9 Å². The Kier molecular flexibility index (Phi) is 4.89. The highest BCUT2D eigenvalue weighted by atomic mass is 16.4. The van der Waals surface area contributed by atoms with Gasteiger partial charge < -0.3 is 14.8 Å². The van der Waals surface area contributed by atoms with Crippen LogP contribution in [0.1, 0.15) is 33.4 Å². The van der Waals surface area contributed by atoms with Crippen molar-refractivity contribution in [3.8, 4) is 0 Å². The molecule has 1 heterocycles. The average Bonchev–Trinajstić information content (AvgIpc) is 3.11. The molecular weight excluding hydrogens is 320 g/mol. The van der Waals surface area contributed by atoms with Crippen molar-refractivity contribution in [2.45, 2.75) is 5.92 Å². The zero-order chi connectivity index (χ0) is 17.6. The third-order valence-electron chi connectivity index (χ3n) is 3.67. The maximum Gasteiger partial charge on any atom is 0.322 e. The molecule has 0 radical (unpaired) electrons. The van der Waals surface area contributed by atoms with Crippen LogP contribution in [-0.4, -0.2) is 28.5 Å². The molecular formula is C19H16N2O4. The van der Waals surface area contributed by atoms with Crippen LogP contribution in [0, 0.1) is 0 Å². The lowest BCUT2D eigenvalue weighted by Gasteiger charge is -2.14. The first-order valence-corrected chi connectivity index (χ1v) is 7.70. The minimum atomic E-state index is -1.12. The quantitative estimate of drug-likeness (QED) is 0.722. The maximum atomic E-state index is 12.0. The van der Waals surface area contributed by atoms with Gasteiger partial charge in [-0.05, 0) is 11.1 Å². The summed E-state index contributed by atoms with van der Waals surface area (Å²) in [4.78, 5) is 26.8. The van der Waals surface area contributed by atoms with E-state index in [9.17, 15) is 9.59 Å². The van der Waals surface area contributed by atoms with E-state index in [0.717, 1.165) is 11.1 Å².